The van der Waals surface area contributed by atoms with Crippen LogP contribution < -0.4 is 4.90 Å². The summed E-state index contributed by atoms with van der Waals surface area (Å²) in [5.41, 5.74) is 0. The molecule has 0 aromatic carbocycles. The van der Waals surface area contributed by atoms with E-state index in [0.29, 0.717) is 5.92 Å². The normalized spacial score (nSPS) is 20.8. The third-order valence-corrected chi connectivity index (χ3v) is 3.56. The van der Waals surface area contributed by atoms with Crippen molar-refractivity contribution in [2.75, 3.05) is 31.7 Å². The number of halogens is 1. The first-order chi connectivity index (χ1) is 7.77. The fraction of sp³-hybridized carbons (Fsp3) is 0.636. The highest BCUT2D eigenvalue weighted by molar-refractivity contribution is 14.1. The average Bonchev–Trinajstić information content (AvgIpc) is 2.31. The molecular formula is C11H16IN3O. The molecule has 0 bridgehead atoms. The standard InChI is InChI=1S/C11H16IN3O/c1-15(6-9-3-2-4-16-7-9)11-10(12)5-13-8-14-11/h5,8-9H,2-4,6-7H2,1H3. The molecule has 5 heteroatoms. The molecule has 2 rings (SSSR count). The van der Waals surface area contributed by atoms with Crippen molar-refractivity contribution < 1.29 is 4.74 Å². The molecular weight excluding hydrogens is 317 g/mol. The van der Waals surface area contributed by atoms with Gasteiger partial charge in [0.05, 0.1) is 10.2 Å². The zero-order chi connectivity index (χ0) is 11.4. The van der Waals surface area contributed by atoms with Crippen LogP contribution in [-0.2, 0) is 4.74 Å². The Kier molecular flexibility index (Phi) is 4.34. The molecule has 0 aliphatic carbocycles. The lowest BCUT2D eigenvalue weighted by molar-refractivity contribution is 0.0576. The van der Waals surface area contributed by atoms with Crippen molar-refractivity contribution in [3.8, 4) is 0 Å². The zero-order valence-corrected chi connectivity index (χ0v) is 11.6. The van der Waals surface area contributed by atoms with Crippen molar-refractivity contribution >= 4 is 28.4 Å². The Labute approximate surface area is 110 Å². The molecule has 4 nitrogen and oxygen atoms in total. The van der Waals surface area contributed by atoms with Crippen molar-refractivity contribution in [2.24, 2.45) is 5.92 Å². The summed E-state index contributed by atoms with van der Waals surface area (Å²) in [4.78, 5) is 10.5. The number of nitrogens with zero attached hydrogens (tertiary/aromatic N) is 3. The van der Waals surface area contributed by atoms with Gasteiger partial charge in [0.2, 0.25) is 0 Å². The Balaban J connectivity index is 1.96. The van der Waals surface area contributed by atoms with Gasteiger partial charge in [-0.25, -0.2) is 9.97 Å². The summed E-state index contributed by atoms with van der Waals surface area (Å²) in [6, 6.07) is 0. The second-order valence-electron chi connectivity index (χ2n) is 4.16. The third kappa shape index (κ3) is 3.04. The molecule has 1 aromatic heterocycles. The van der Waals surface area contributed by atoms with Crippen LogP contribution in [0.1, 0.15) is 12.8 Å². The molecule has 1 fully saturated rings. The van der Waals surface area contributed by atoms with E-state index in [1.165, 1.54) is 12.8 Å². The maximum atomic E-state index is 5.49. The van der Waals surface area contributed by atoms with Crippen LogP contribution >= 0.6 is 22.6 Å². The van der Waals surface area contributed by atoms with Gasteiger partial charge in [-0.1, -0.05) is 0 Å². The Morgan fingerprint density at radius 2 is 2.50 bits per heavy atom. The third-order valence-electron chi connectivity index (χ3n) is 2.80. The topological polar surface area (TPSA) is 38.2 Å². The van der Waals surface area contributed by atoms with Crippen LogP contribution in [0.3, 0.4) is 0 Å². The number of rotatable bonds is 3. The first kappa shape index (κ1) is 12.0. The van der Waals surface area contributed by atoms with Crippen LogP contribution in [0.25, 0.3) is 0 Å². The highest BCUT2D eigenvalue weighted by Gasteiger charge is 2.17. The van der Waals surface area contributed by atoms with Crippen LogP contribution in [0.2, 0.25) is 0 Å². The smallest absolute Gasteiger partial charge is 0.145 e. The largest absolute Gasteiger partial charge is 0.381 e. The fourth-order valence-corrected chi connectivity index (χ4v) is 2.72. The molecule has 1 atom stereocenters. The predicted molar refractivity (Wildman–Crippen MR) is 71.6 cm³/mol. The van der Waals surface area contributed by atoms with Crippen molar-refractivity contribution in [1.82, 2.24) is 9.97 Å². The van der Waals surface area contributed by atoms with E-state index >= 15 is 0 Å². The molecule has 16 heavy (non-hydrogen) atoms. The Bertz CT molecular complexity index is 342. The Morgan fingerprint density at radius 3 is 3.19 bits per heavy atom. The number of hydrogen-bond donors (Lipinski definition) is 0. The van der Waals surface area contributed by atoms with Gasteiger partial charge in [-0.05, 0) is 41.4 Å². The predicted octanol–water partition coefficient (Wildman–Crippen LogP) is 1.94. The van der Waals surface area contributed by atoms with E-state index in [1.54, 1.807) is 6.33 Å². The van der Waals surface area contributed by atoms with E-state index in [9.17, 15) is 0 Å². The monoisotopic (exact) mass is 333 g/mol. The zero-order valence-electron chi connectivity index (χ0n) is 9.40. The van der Waals surface area contributed by atoms with E-state index in [0.717, 1.165) is 29.1 Å². The number of ether oxygens (including phenoxy) is 1. The van der Waals surface area contributed by atoms with E-state index in [4.69, 9.17) is 4.74 Å². The average molecular weight is 333 g/mol. The summed E-state index contributed by atoms with van der Waals surface area (Å²) in [6.45, 7) is 2.81. The molecule has 1 aliphatic heterocycles. The van der Waals surface area contributed by atoms with Gasteiger partial charge in [0.1, 0.15) is 12.1 Å². The maximum Gasteiger partial charge on any atom is 0.145 e. The second-order valence-corrected chi connectivity index (χ2v) is 5.32. The molecule has 0 saturated carbocycles. The lowest BCUT2D eigenvalue weighted by Crippen LogP contribution is -2.31. The van der Waals surface area contributed by atoms with Gasteiger partial charge in [0.25, 0.3) is 0 Å². The minimum absolute atomic E-state index is 0.629. The van der Waals surface area contributed by atoms with Gasteiger partial charge in [0, 0.05) is 26.4 Å². The van der Waals surface area contributed by atoms with E-state index in [1.807, 2.05) is 6.20 Å². The summed E-state index contributed by atoms with van der Waals surface area (Å²) in [5.74, 6) is 1.64. The van der Waals surface area contributed by atoms with Crippen molar-refractivity contribution in [3.05, 3.63) is 16.1 Å². The van der Waals surface area contributed by atoms with Gasteiger partial charge < -0.3 is 9.64 Å². The molecule has 88 valence electrons. The van der Waals surface area contributed by atoms with Crippen LogP contribution in [0, 0.1) is 9.49 Å². The minimum atomic E-state index is 0.629. The molecule has 1 aromatic rings. The Hall–Kier alpha value is -0.430. The van der Waals surface area contributed by atoms with Crippen LogP contribution in [0.15, 0.2) is 12.5 Å². The van der Waals surface area contributed by atoms with Gasteiger partial charge in [-0.15, -0.1) is 0 Å². The first-order valence-electron chi connectivity index (χ1n) is 5.52. The lowest BCUT2D eigenvalue weighted by atomic mass is 10.0. The van der Waals surface area contributed by atoms with Crippen LogP contribution in [0.5, 0.6) is 0 Å². The van der Waals surface area contributed by atoms with Gasteiger partial charge in [-0.3, -0.25) is 0 Å². The highest BCUT2D eigenvalue weighted by Crippen LogP contribution is 2.20. The maximum absolute atomic E-state index is 5.49. The Morgan fingerprint density at radius 1 is 1.62 bits per heavy atom. The molecule has 0 spiro atoms. The summed E-state index contributed by atoms with van der Waals surface area (Å²) in [7, 11) is 2.08. The van der Waals surface area contributed by atoms with Gasteiger partial charge in [0.15, 0.2) is 0 Å². The summed E-state index contributed by atoms with van der Waals surface area (Å²) in [6.07, 6.45) is 5.88. The molecule has 1 unspecified atom stereocenters. The van der Waals surface area contributed by atoms with Crippen LogP contribution in [0.4, 0.5) is 5.82 Å². The van der Waals surface area contributed by atoms with E-state index in [-0.39, 0.29) is 0 Å². The van der Waals surface area contributed by atoms with Crippen molar-refractivity contribution in [2.45, 2.75) is 12.8 Å². The summed E-state index contributed by atoms with van der Waals surface area (Å²) in [5, 5.41) is 0. The summed E-state index contributed by atoms with van der Waals surface area (Å²) < 4.78 is 6.58. The number of aromatic nitrogens is 2. The first-order valence-corrected chi connectivity index (χ1v) is 6.59. The SMILES string of the molecule is CN(CC1CCCOC1)c1ncncc1I. The lowest BCUT2D eigenvalue weighted by Gasteiger charge is -2.28. The number of anilines is 1. The van der Waals surface area contributed by atoms with Gasteiger partial charge >= 0.3 is 0 Å². The molecule has 0 amide bonds. The van der Waals surface area contributed by atoms with Crippen molar-refractivity contribution in [3.63, 3.8) is 0 Å². The molecule has 0 N–H and O–H groups in total. The van der Waals surface area contributed by atoms with Gasteiger partial charge in [-0.2, -0.15) is 0 Å². The van der Waals surface area contributed by atoms with Crippen LogP contribution in [-0.4, -0.2) is 36.8 Å². The number of hydrogen-bond acceptors (Lipinski definition) is 4. The van der Waals surface area contributed by atoms with E-state index < -0.39 is 0 Å². The molecule has 1 aliphatic rings. The quantitative estimate of drug-likeness (QED) is 0.793. The van der Waals surface area contributed by atoms with E-state index in [2.05, 4.69) is 44.5 Å². The molecule has 1 saturated heterocycles. The molecule has 0 radical (unpaired) electrons. The fourth-order valence-electron chi connectivity index (χ4n) is 2.01. The second kappa shape index (κ2) is 5.77. The molecule has 2 heterocycles. The summed E-state index contributed by atoms with van der Waals surface area (Å²) >= 11 is 2.27. The minimum Gasteiger partial charge on any atom is -0.381 e. The van der Waals surface area contributed by atoms with Crippen molar-refractivity contribution in [1.29, 1.82) is 0 Å². The highest BCUT2D eigenvalue weighted by atomic mass is 127.